The number of esters is 1. The summed E-state index contributed by atoms with van der Waals surface area (Å²) in [5.41, 5.74) is 2.42. The van der Waals surface area contributed by atoms with Crippen LogP contribution in [0.15, 0.2) is 52.8 Å². The molecule has 0 amide bonds. The molecule has 0 radical (unpaired) electrons. The molecule has 0 bridgehead atoms. The van der Waals surface area contributed by atoms with Gasteiger partial charge in [-0.15, -0.1) is 5.11 Å². The molecule has 3 atom stereocenters. The Morgan fingerprint density at radius 3 is 2.56 bits per heavy atom. The Bertz CT molecular complexity index is 1440. The first-order valence-electron chi connectivity index (χ1n) is 14.8. The number of halogens is 5. The van der Waals surface area contributed by atoms with E-state index in [1.54, 1.807) is 11.1 Å². The summed E-state index contributed by atoms with van der Waals surface area (Å²) in [6.07, 6.45) is 4.86. The smallest absolute Gasteiger partial charge is 0.426 e. The predicted octanol–water partition coefficient (Wildman–Crippen LogP) is 8.00. The van der Waals surface area contributed by atoms with Crippen molar-refractivity contribution in [3.63, 3.8) is 0 Å². The van der Waals surface area contributed by atoms with Crippen LogP contribution in [0.4, 0.5) is 23.2 Å². The lowest BCUT2D eigenvalue weighted by Crippen LogP contribution is -2.42. The Morgan fingerprint density at radius 1 is 1.07 bits per heavy atom. The number of rotatable bonds is 5. The first-order chi connectivity index (χ1) is 20.5. The number of nitrogens with zero attached hydrogens (tertiary/aromatic N) is 4. The highest BCUT2D eigenvalue weighted by atomic mass is 35.5. The fourth-order valence-electron chi connectivity index (χ4n) is 6.88. The molecule has 0 aromatic heterocycles. The fraction of sp³-hybridized carbons (Fsp3) is 0.516. The van der Waals surface area contributed by atoms with Gasteiger partial charge in [0.2, 0.25) is 5.72 Å². The summed E-state index contributed by atoms with van der Waals surface area (Å²) >= 11 is 6.06. The highest BCUT2D eigenvalue weighted by Crippen LogP contribution is 2.48. The minimum absolute atomic E-state index is 0.0245. The molecule has 43 heavy (non-hydrogen) atoms. The number of alkyl halides is 3. The quantitative estimate of drug-likeness (QED) is 0.271. The lowest BCUT2D eigenvalue weighted by molar-refractivity contribution is -0.215. The third kappa shape index (κ3) is 6.11. The Hall–Kier alpha value is -3.18. The van der Waals surface area contributed by atoms with Gasteiger partial charge in [0.05, 0.1) is 11.1 Å². The maximum absolute atomic E-state index is 13.9. The molecular formula is C31H34ClF4N5O2. The zero-order valence-corrected chi connectivity index (χ0v) is 24.6. The molecule has 3 aliphatic heterocycles. The van der Waals surface area contributed by atoms with E-state index < -0.39 is 29.7 Å². The van der Waals surface area contributed by atoms with Crippen LogP contribution in [0.1, 0.15) is 80.6 Å². The van der Waals surface area contributed by atoms with E-state index in [1.165, 1.54) is 56.7 Å². The van der Waals surface area contributed by atoms with Crippen molar-refractivity contribution in [1.29, 1.82) is 0 Å². The molecule has 6 rings (SSSR count). The zero-order valence-electron chi connectivity index (χ0n) is 23.8. The van der Waals surface area contributed by atoms with Crippen molar-refractivity contribution in [2.24, 2.45) is 10.3 Å². The molecule has 0 spiro atoms. The highest BCUT2D eigenvalue weighted by molar-refractivity contribution is 6.31. The summed E-state index contributed by atoms with van der Waals surface area (Å²) < 4.78 is 58.6. The molecular weight excluding hydrogens is 586 g/mol. The van der Waals surface area contributed by atoms with E-state index in [1.807, 2.05) is 12.1 Å². The molecule has 12 heteroatoms. The van der Waals surface area contributed by atoms with E-state index in [2.05, 4.69) is 32.7 Å². The molecule has 1 N–H and O–H groups in total. The van der Waals surface area contributed by atoms with Crippen molar-refractivity contribution in [2.45, 2.75) is 81.9 Å². The van der Waals surface area contributed by atoms with Crippen LogP contribution < -0.4 is 5.32 Å². The molecule has 3 heterocycles. The lowest BCUT2D eigenvalue weighted by Gasteiger charge is -2.36. The number of nitrogens with one attached hydrogen (secondary N) is 1. The molecule has 2 aromatic carbocycles. The van der Waals surface area contributed by atoms with Gasteiger partial charge in [0, 0.05) is 38.3 Å². The van der Waals surface area contributed by atoms with Crippen LogP contribution in [0.25, 0.3) is 5.57 Å². The van der Waals surface area contributed by atoms with Gasteiger partial charge in [-0.3, -0.25) is 9.91 Å². The van der Waals surface area contributed by atoms with Crippen LogP contribution in [0.2, 0.25) is 5.02 Å². The first kappa shape index (κ1) is 29.9. The fourth-order valence-corrected chi connectivity index (χ4v) is 7.06. The first-order valence-corrected chi connectivity index (χ1v) is 15.2. The third-order valence-electron chi connectivity index (χ3n) is 9.06. The molecule has 1 saturated carbocycles. The van der Waals surface area contributed by atoms with Crippen LogP contribution in [0, 0.1) is 5.82 Å². The number of fused-ring (bicyclic) bond motifs is 3. The number of hydrogen-bond donors (Lipinski definition) is 1. The van der Waals surface area contributed by atoms with E-state index in [0.29, 0.717) is 30.3 Å². The van der Waals surface area contributed by atoms with Crippen molar-refractivity contribution in [3.05, 3.63) is 70.0 Å². The van der Waals surface area contributed by atoms with Crippen LogP contribution >= 0.6 is 11.6 Å². The van der Waals surface area contributed by atoms with Crippen molar-refractivity contribution in [3.8, 4) is 0 Å². The molecule has 0 saturated heterocycles. The second-order valence-corrected chi connectivity index (χ2v) is 12.3. The van der Waals surface area contributed by atoms with Gasteiger partial charge < -0.3 is 10.1 Å². The Morgan fingerprint density at radius 2 is 1.86 bits per heavy atom. The number of carbonyl (C=O) groups is 1. The second-order valence-electron chi connectivity index (χ2n) is 11.9. The van der Waals surface area contributed by atoms with Crippen LogP contribution in [0.3, 0.4) is 0 Å². The Balaban J connectivity index is 1.35. The summed E-state index contributed by atoms with van der Waals surface area (Å²) in [5.74, 6) is -2.85. The SMILES string of the molecule is CC1(OC(=O)C(F)(F)F)N=NN2CCC(Nc3ccc(F)c(Cl)c3)c3cc(C4=CCN(C5CCCCC5)CC4)ccc3C21. The van der Waals surface area contributed by atoms with Crippen molar-refractivity contribution in [2.75, 3.05) is 25.0 Å². The van der Waals surface area contributed by atoms with Crippen LogP contribution in [0.5, 0.6) is 0 Å². The van der Waals surface area contributed by atoms with Crippen molar-refractivity contribution < 1.29 is 27.1 Å². The zero-order chi connectivity index (χ0) is 30.4. The molecule has 7 nitrogen and oxygen atoms in total. The van der Waals surface area contributed by atoms with E-state index in [4.69, 9.17) is 16.3 Å². The molecule has 4 aliphatic rings. The molecule has 3 unspecified atom stereocenters. The maximum atomic E-state index is 13.9. The number of hydrogen-bond acceptors (Lipinski definition) is 7. The van der Waals surface area contributed by atoms with Crippen molar-refractivity contribution in [1.82, 2.24) is 9.91 Å². The molecule has 1 aliphatic carbocycles. The highest BCUT2D eigenvalue weighted by Gasteiger charge is 2.54. The molecule has 230 valence electrons. The third-order valence-corrected chi connectivity index (χ3v) is 9.35. The number of ether oxygens (including phenoxy) is 1. The standard InChI is InChI=1S/C31H34ClF4N5O2/c1-30(43-29(42)31(34,35)36)28-23-9-7-20(19-11-14-40(15-12-19)22-5-3-2-4-6-22)17-24(23)27(13-16-41(28)39-38-30)37-21-8-10-26(33)25(32)18-21/h7-11,17-18,22,27-28,37H,2-6,12-16H2,1H3. The van der Waals surface area contributed by atoms with Gasteiger partial charge in [-0.1, -0.05) is 54.3 Å². The number of benzene rings is 2. The van der Waals surface area contributed by atoms with Gasteiger partial charge in [0.25, 0.3) is 0 Å². The van der Waals surface area contributed by atoms with Gasteiger partial charge in [0.1, 0.15) is 11.9 Å². The summed E-state index contributed by atoms with van der Waals surface area (Å²) in [6.45, 7) is 3.53. The Labute approximate surface area is 252 Å². The van der Waals surface area contributed by atoms with Gasteiger partial charge in [-0.25, -0.2) is 9.18 Å². The Kier molecular flexibility index (Phi) is 8.14. The minimum atomic E-state index is -5.17. The largest absolute Gasteiger partial charge is 0.491 e. The van der Waals surface area contributed by atoms with Gasteiger partial charge >= 0.3 is 12.1 Å². The maximum Gasteiger partial charge on any atom is 0.491 e. The van der Waals surface area contributed by atoms with Gasteiger partial charge in [-0.2, -0.15) is 13.2 Å². The summed E-state index contributed by atoms with van der Waals surface area (Å²) in [7, 11) is 0. The normalized spacial score (nSPS) is 26.4. The van der Waals surface area contributed by atoms with Crippen LogP contribution in [-0.2, 0) is 9.53 Å². The van der Waals surface area contributed by atoms with Crippen LogP contribution in [-0.4, -0.2) is 53.5 Å². The average Bonchev–Trinajstić information content (AvgIpc) is 3.22. The van der Waals surface area contributed by atoms with E-state index in [9.17, 15) is 22.4 Å². The van der Waals surface area contributed by atoms with Gasteiger partial charge in [-0.05, 0) is 72.2 Å². The number of anilines is 1. The van der Waals surface area contributed by atoms with E-state index in [0.717, 1.165) is 30.6 Å². The molecule has 2 aromatic rings. The second kappa shape index (κ2) is 11.7. The topological polar surface area (TPSA) is 69.5 Å². The van der Waals surface area contributed by atoms with Gasteiger partial charge in [0.15, 0.2) is 0 Å². The average molecular weight is 620 g/mol. The minimum Gasteiger partial charge on any atom is -0.426 e. The summed E-state index contributed by atoms with van der Waals surface area (Å²) in [5, 5.41) is 13.1. The molecule has 1 fully saturated rings. The van der Waals surface area contributed by atoms with E-state index >= 15 is 0 Å². The summed E-state index contributed by atoms with van der Waals surface area (Å²) in [6, 6.07) is 9.74. The van der Waals surface area contributed by atoms with E-state index in [-0.39, 0.29) is 11.1 Å². The summed E-state index contributed by atoms with van der Waals surface area (Å²) in [4.78, 5) is 14.5. The predicted molar refractivity (Wildman–Crippen MR) is 155 cm³/mol. The lowest BCUT2D eigenvalue weighted by atomic mass is 9.86. The van der Waals surface area contributed by atoms with Crippen molar-refractivity contribution >= 4 is 28.8 Å². The number of carbonyl (C=O) groups excluding carboxylic acids is 1. The monoisotopic (exact) mass is 619 g/mol.